The third-order valence-electron chi connectivity index (χ3n) is 3.12. The number of esters is 1. The van der Waals surface area contributed by atoms with Crippen LogP contribution >= 0.6 is 0 Å². The van der Waals surface area contributed by atoms with Crippen molar-refractivity contribution < 1.29 is 19.1 Å². The van der Waals surface area contributed by atoms with Gasteiger partial charge in [-0.25, -0.2) is 0 Å². The van der Waals surface area contributed by atoms with Gasteiger partial charge in [0.2, 0.25) is 0 Å². The first-order valence-corrected chi connectivity index (χ1v) is 7.38. The molecule has 0 spiro atoms. The number of carbonyl (C=O) groups is 3. The Labute approximate surface area is 144 Å². The summed E-state index contributed by atoms with van der Waals surface area (Å²) in [4.78, 5) is 35.1. The van der Waals surface area contributed by atoms with E-state index in [4.69, 9.17) is 10.00 Å². The molecule has 0 radical (unpaired) electrons. The SMILES string of the molecule is N#Cc1ccccc1NC(=O)COC(=O)CNC(=O)c1ccccc1. The van der Waals surface area contributed by atoms with Crippen LogP contribution in [-0.4, -0.2) is 30.9 Å². The van der Waals surface area contributed by atoms with Crippen LogP contribution in [-0.2, 0) is 14.3 Å². The molecule has 7 nitrogen and oxygen atoms in total. The highest BCUT2D eigenvalue weighted by molar-refractivity contribution is 5.96. The Morgan fingerprint density at radius 2 is 1.68 bits per heavy atom. The number of anilines is 1. The normalized spacial score (nSPS) is 9.56. The Kier molecular flexibility index (Phi) is 6.25. The average Bonchev–Trinajstić information content (AvgIpc) is 2.65. The average molecular weight is 337 g/mol. The van der Waals surface area contributed by atoms with Gasteiger partial charge in [0.15, 0.2) is 6.61 Å². The van der Waals surface area contributed by atoms with Crippen molar-refractivity contribution in [1.29, 1.82) is 5.26 Å². The van der Waals surface area contributed by atoms with Gasteiger partial charge < -0.3 is 15.4 Å². The molecule has 0 saturated carbocycles. The molecule has 2 aromatic rings. The van der Waals surface area contributed by atoms with Crippen molar-refractivity contribution in [3.8, 4) is 6.07 Å². The highest BCUT2D eigenvalue weighted by Crippen LogP contribution is 2.13. The van der Waals surface area contributed by atoms with Crippen molar-refractivity contribution in [3.63, 3.8) is 0 Å². The summed E-state index contributed by atoms with van der Waals surface area (Å²) in [5.41, 5.74) is 1.06. The van der Waals surface area contributed by atoms with E-state index in [9.17, 15) is 14.4 Å². The van der Waals surface area contributed by atoms with Gasteiger partial charge in [-0.1, -0.05) is 30.3 Å². The quantitative estimate of drug-likeness (QED) is 0.776. The maximum Gasteiger partial charge on any atom is 0.325 e. The van der Waals surface area contributed by atoms with Crippen LogP contribution < -0.4 is 10.6 Å². The molecule has 0 heterocycles. The zero-order valence-corrected chi connectivity index (χ0v) is 13.2. The summed E-state index contributed by atoms with van der Waals surface area (Å²) < 4.78 is 4.79. The summed E-state index contributed by atoms with van der Waals surface area (Å²) in [6, 6.07) is 16.8. The molecule has 0 aliphatic rings. The van der Waals surface area contributed by atoms with E-state index in [2.05, 4.69) is 10.6 Å². The first kappa shape index (κ1) is 17.7. The molecule has 2 N–H and O–H groups in total. The van der Waals surface area contributed by atoms with Crippen LogP contribution in [0.4, 0.5) is 5.69 Å². The van der Waals surface area contributed by atoms with Gasteiger partial charge in [0.1, 0.15) is 12.6 Å². The van der Waals surface area contributed by atoms with Gasteiger partial charge in [0.05, 0.1) is 11.3 Å². The molecule has 2 aromatic carbocycles. The molecule has 25 heavy (non-hydrogen) atoms. The number of rotatable bonds is 6. The van der Waals surface area contributed by atoms with Crippen molar-refractivity contribution >= 4 is 23.5 Å². The minimum Gasteiger partial charge on any atom is -0.454 e. The first-order chi connectivity index (χ1) is 12.1. The Balaban J connectivity index is 1.75. The molecule has 126 valence electrons. The number of benzene rings is 2. The highest BCUT2D eigenvalue weighted by Gasteiger charge is 2.11. The summed E-state index contributed by atoms with van der Waals surface area (Å²) >= 11 is 0. The van der Waals surface area contributed by atoms with Crippen LogP contribution in [0.1, 0.15) is 15.9 Å². The third-order valence-corrected chi connectivity index (χ3v) is 3.12. The van der Waals surface area contributed by atoms with E-state index in [0.717, 1.165) is 0 Å². The lowest BCUT2D eigenvalue weighted by Gasteiger charge is -2.08. The number of nitriles is 1. The fraction of sp³-hybridized carbons (Fsp3) is 0.111. The smallest absolute Gasteiger partial charge is 0.325 e. The Morgan fingerprint density at radius 1 is 1.00 bits per heavy atom. The van der Waals surface area contributed by atoms with Gasteiger partial charge in [-0.2, -0.15) is 5.26 Å². The second-order valence-electron chi connectivity index (χ2n) is 4.91. The van der Waals surface area contributed by atoms with Crippen LogP contribution in [0.25, 0.3) is 0 Å². The molecule has 2 rings (SSSR count). The maximum absolute atomic E-state index is 11.8. The molecule has 2 amide bonds. The van der Waals surface area contributed by atoms with Crippen molar-refractivity contribution in [2.75, 3.05) is 18.5 Å². The third kappa shape index (κ3) is 5.48. The minimum atomic E-state index is -0.743. The monoisotopic (exact) mass is 337 g/mol. The van der Waals surface area contributed by atoms with Gasteiger partial charge >= 0.3 is 5.97 Å². The first-order valence-electron chi connectivity index (χ1n) is 7.38. The van der Waals surface area contributed by atoms with Crippen molar-refractivity contribution in [1.82, 2.24) is 5.32 Å². The van der Waals surface area contributed by atoms with E-state index >= 15 is 0 Å². The number of carbonyl (C=O) groups excluding carboxylic acids is 3. The molecule has 0 aliphatic heterocycles. The van der Waals surface area contributed by atoms with E-state index in [1.54, 1.807) is 54.6 Å². The molecular weight excluding hydrogens is 322 g/mol. The van der Waals surface area contributed by atoms with Crippen LogP contribution in [0.2, 0.25) is 0 Å². The molecule has 0 saturated heterocycles. The topological polar surface area (TPSA) is 108 Å². The Hall–Kier alpha value is -3.66. The lowest BCUT2D eigenvalue weighted by Crippen LogP contribution is -2.32. The number of hydrogen-bond acceptors (Lipinski definition) is 5. The van der Waals surface area contributed by atoms with E-state index < -0.39 is 24.4 Å². The van der Waals surface area contributed by atoms with Gasteiger partial charge in [-0.05, 0) is 24.3 Å². The zero-order chi connectivity index (χ0) is 18.1. The Bertz CT molecular complexity index is 813. The summed E-state index contributed by atoms with van der Waals surface area (Å²) in [7, 11) is 0. The molecule has 0 aliphatic carbocycles. The van der Waals surface area contributed by atoms with Gasteiger partial charge in [0, 0.05) is 5.56 Å². The van der Waals surface area contributed by atoms with E-state index in [0.29, 0.717) is 16.8 Å². The fourth-order valence-corrected chi connectivity index (χ4v) is 1.92. The molecule has 0 unspecified atom stereocenters. The van der Waals surface area contributed by atoms with Crippen LogP contribution in [0.3, 0.4) is 0 Å². The van der Waals surface area contributed by atoms with Crippen molar-refractivity contribution in [2.45, 2.75) is 0 Å². The lowest BCUT2D eigenvalue weighted by molar-refractivity contribution is -0.146. The number of nitrogens with one attached hydrogen (secondary N) is 2. The second-order valence-corrected chi connectivity index (χ2v) is 4.91. The number of ether oxygens (including phenoxy) is 1. The summed E-state index contributed by atoms with van der Waals surface area (Å²) in [5, 5.41) is 13.8. The predicted octanol–water partition coefficient (Wildman–Crippen LogP) is 1.47. The summed E-state index contributed by atoms with van der Waals surface area (Å²) in [5.74, 6) is -1.73. The van der Waals surface area contributed by atoms with Gasteiger partial charge in [-0.15, -0.1) is 0 Å². The molecule has 0 fully saturated rings. The van der Waals surface area contributed by atoms with Crippen LogP contribution in [0.15, 0.2) is 54.6 Å². The molecule has 0 aromatic heterocycles. The number of nitrogens with zero attached hydrogens (tertiary/aromatic N) is 1. The van der Waals surface area contributed by atoms with E-state index in [-0.39, 0.29) is 6.54 Å². The second kappa shape index (κ2) is 8.84. The van der Waals surface area contributed by atoms with Crippen LogP contribution in [0.5, 0.6) is 0 Å². The molecule has 0 bridgehead atoms. The van der Waals surface area contributed by atoms with E-state index in [1.807, 2.05) is 6.07 Å². The fourth-order valence-electron chi connectivity index (χ4n) is 1.92. The molecule has 7 heteroatoms. The van der Waals surface area contributed by atoms with E-state index in [1.165, 1.54) is 0 Å². The highest BCUT2D eigenvalue weighted by atomic mass is 16.5. The maximum atomic E-state index is 11.8. The summed E-state index contributed by atoms with van der Waals surface area (Å²) in [6.07, 6.45) is 0. The summed E-state index contributed by atoms with van der Waals surface area (Å²) in [6.45, 7) is -0.865. The number of para-hydroxylation sites is 1. The molecule has 0 atom stereocenters. The largest absolute Gasteiger partial charge is 0.454 e. The number of hydrogen-bond donors (Lipinski definition) is 2. The minimum absolute atomic E-state index is 0.303. The van der Waals surface area contributed by atoms with Crippen LogP contribution in [0, 0.1) is 11.3 Å². The standard InChI is InChI=1S/C18H15N3O4/c19-10-14-8-4-5-9-15(14)21-16(22)12-25-17(23)11-20-18(24)13-6-2-1-3-7-13/h1-9H,11-12H2,(H,20,24)(H,21,22). The van der Waals surface area contributed by atoms with Gasteiger partial charge in [0.25, 0.3) is 11.8 Å². The van der Waals surface area contributed by atoms with Crippen molar-refractivity contribution in [3.05, 3.63) is 65.7 Å². The van der Waals surface area contributed by atoms with Gasteiger partial charge in [-0.3, -0.25) is 14.4 Å². The predicted molar refractivity (Wildman–Crippen MR) is 89.5 cm³/mol. The Morgan fingerprint density at radius 3 is 2.40 bits per heavy atom. The zero-order valence-electron chi connectivity index (χ0n) is 13.2. The molecular formula is C18H15N3O4. The van der Waals surface area contributed by atoms with Crippen molar-refractivity contribution in [2.24, 2.45) is 0 Å². The lowest BCUT2D eigenvalue weighted by atomic mass is 10.2. The number of amides is 2.